The lowest BCUT2D eigenvalue weighted by Gasteiger charge is -2.14. The predicted molar refractivity (Wildman–Crippen MR) is 208 cm³/mol. The van der Waals surface area contributed by atoms with E-state index in [-0.39, 0.29) is 23.4 Å². The average molecular weight is 741 g/mol. The quantitative estimate of drug-likeness (QED) is 0.0718. The second-order valence-corrected chi connectivity index (χ2v) is 11.4. The van der Waals surface area contributed by atoms with Crippen LogP contribution >= 0.6 is 0 Å². The van der Waals surface area contributed by atoms with Gasteiger partial charge in [-0.05, 0) is 36.5 Å². The van der Waals surface area contributed by atoms with E-state index < -0.39 is 30.0 Å². The summed E-state index contributed by atoms with van der Waals surface area (Å²) in [6, 6.07) is 18.2. The number of allylic oxidation sites excluding steroid dienone is 8. The van der Waals surface area contributed by atoms with E-state index in [4.69, 9.17) is 0 Å². The molecule has 0 heterocycles. The van der Waals surface area contributed by atoms with Crippen molar-refractivity contribution in [1.82, 2.24) is 16.0 Å². The molecule has 2 aromatic carbocycles. The first kappa shape index (κ1) is 45.6. The van der Waals surface area contributed by atoms with Crippen LogP contribution in [0.3, 0.4) is 0 Å². The molecule has 2 aromatic rings. The Hall–Kier alpha value is -6.39. The summed E-state index contributed by atoms with van der Waals surface area (Å²) < 4.78 is 13.8. The van der Waals surface area contributed by atoms with Crippen molar-refractivity contribution in [2.24, 2.45) is 0 Å². The Bertz CT molecular complexity index is 1690. The maximum atomic E-state index is 11.4. The van der Waals surface area contributed by atoms with Gasteiger partial charge >= 0.3 is 17.9 Å². The molecule has 0 saturated heterocycles. The summed E-state index contributed by atoms with van der Waals surface area (Å²) in [6.45, 7) is 4.09. The van der Waals surface area contributed by atoms with Crippen LogP contribution in [0.1, 0.15) is 57.6 Å². The van der Waals surface area contributed by atoms with Crippen molar-refractivity contribution < 1.29 is 43.0 Å². The van der Waals surface area contributed by atoms with Crippen LogP contribution < -0.4 is 16.0 Å². The SMILES string of the molecule is COC(=O)/C(=C/C=C/c1ccccc1)NC(C)=O.COC(=O)C(C/C=C/c1ccccc1)NC(C)=O.COC(=O)C(CCCC1=CC=C[C+]=C1)NC(C)=O. The zero-order valence-electron chi connectivity index (χ0n) is 31.6. The van der Waals surface area contributed by atoms with Gasteiger partial charge in [-0.3, -0.25) is 14.4 Å². The average Bonchev–Trinajstić information content (AvgIpc) is 3.17. The summed E-state index contributed by atoms with van der Waals surface area (Å²) in [7, 11) is 3.89. The highest BCUT2D eigenvalue weighted by Gasteiger charge is 2.20. The zero-order valence-corrected chi connectivity index (χ0v) is 31.6. The van der Waals surface area contributed by atoms with Gasteiger partial charge in [-0.2, -0.15) is 0 Å². The van der Waals surface area contributed by atoms with Crippen molar-refractivity contribution >= 4 is 47.8 Å². The first-order valence-electron chi connectivity index (χ1n) is 17.1. The summed E-state index contributed by atoms with van der Waals surface area (Å²) in [5.41, 5.74) is 3.32. The molecule has 286 valence electrons. The van der Waals surface area contributed by atoms with Crippen LogP contribution in [0.5, 0.6) is 0 Å². The zero-order chi connectivity index (χ0) is 40.1. The minimum Gasteiger partial charge on any atom is -0.467 e. The maximum Gasteiger partial charge on any atom is 0.354 e. The number of hydrogen-bond acceptors (Lipinski definition) is 9. The van der Waals surface area contributed by atoms with E-state index in [0.29, 0.717) is 12.8 Å². The molecule has 1 aliphatic rings. The molecule has 2 unspecified atom stereocenters. The number of rotatable bonds is 15. The van der Waals surface area contributed by atoms with Crippen LogP contribution in [-0.2, 0) is 43.0 Å². The van der Waals surface area contributed by atoms with E-state index in [1.165, 1.54) is 53.7 Å². The third-order valence-corrected chi connectivity index (χ3v) is 7.00. The summed E-state index contributed by atoms with van der Waals surface area (Å²) in [6.07, 6.45) is 22.1. The fraction of sp³-hybridized carbons (Fsp3) is 0.286. The highest BCUT2D eigenvalue weighted by molar-refractivity contribution is 5.93. The molecule has 0 fully saturated rings. The summed E-state index contributed by atoms with van der Waals surface area (Å²) in [5, 5.41) is 7.56. The molecule has 12 nitrogen and oxygen atoms in total. The first-order chi connectivity index (χ1) is 25.9. The number of carbonyl (C=O) groups is 6. The smallest absolute Gasteiger partial charge is 0.354 e. The van der Waals surface area contributed by atoms with E-state index in [9.17, 15) is 28.8 Å². The minimum atomic E-state index is -0.632. The van der Waals surface area contributed by atoms with Crippen LogP contribution in [-0.4, -0.2) is 69.0 Å². The van der Waals surface area contributed by atoms with Crippen molar-refractivity contribution in [3.8, 4) is 0 Å². The van der Waals surface area contributed by atoms with Gasteiger partial charge in [0.15, 0.2) is 0 Å². The maximum absolute atomic E-state index is 11.4. The number of amides is 3. The molecule has 3 N–H and O–H groups in total. The Labute approximate surface area is 317 Å². The van der Waals surface area contributed by atoms with E-state index in [1.54, 1.807) is 6.08 Å². The van der Waals surface area contributed by atoms with Crippen molar-refractivity contribution in [2.75, 3.05) is 21.3 Å². The molecule has 12 heteroatoms. The third kappa shape index (κ3) is 21.1. The number of hydrogen-bond donors (Lipinski definition) is 3. The summed E-state index contributed by atoms with van der Waals surface area (Å²) >= 11 is 0. The first-order valence-corrected chi connectivity index (χ1v) is 17.1. The Morgan fingerprint density at radius 3 is 1.78 bits per heavy atom. The fourth-order valence-corrected chi connectivity index (χ4v) is 4.52. The Morgan fingerprint density at radius 2 is 1.28 bits per heavy atom. The molecule has 2 atom stereocenters. The van der Waals surface area contributed by atoms with Gasteiger partial charge in [0.2, 0.25) is 17.7 Å². The van der Waals surface area contributed by atoms with E-state index in [2.05, 4.69) is 36.2 Å². The third-order valence-electron chi connectivity index (χ3n) is 7.00. The van der Waals surface area contributed by atoms with Gasteiger partial charge in [-0.15, -0.1) is 0 Å². The molecule has 0 aromatic heterocycles. The van der Waals surface area contributed by atoms with Gasteiger partial charge in [0.05, 0.1) is 33.0 Å². The second-order valence-electron chi connectivity index (χ2n) is 11.4. The number of esters is 3. The summed E-state index contributed by atoms with van der Waals surface area (Å²) in [5.74, 6) is -2.22. The number of nitrogens with one attached hydrogen (secondary N) is 3. The normalized spacial score (nSPS) is 12.6. The van der Waals surface area contributed by atoms with E-state index in [1.807, 2.05) is 103 Å². The molecule has 0 aliphatic heterocycles. The monoisotopic (exact) mass is 740 g/mol. The van der Waals surface area contributed by atoms with Gasteiger partial charge in [-0.1, -0.05) is 85.0 Å². The molecule has 0 radical (unpaired) electrons. The van der Waals surface area contributed by atoms with Gasteiger partial charge in [-0.25, -0.2) is 14.4 Å². The number of benzene rings is 2. The molecule has 1 aliphatic carbocycles. The number of carbonyl (C=O) groups excluding carboxylic acids is 6. The van der Waals surface area contributed by atoms with Gasteiger partial charge in [0, 0.05) is 39.3 Å². The predicted octanol–water partition coefficient (Wildman–Crippen LogP) is 5.35. The lowest BCUT2D eigenvalue weighted by atomic mass is 10.0. The molecule has 54 heavy (non-hydrogen) atoms. The molecule has 3 rings (SSSR count). The highest BCUT2D eigenvalue weighted by atomic mass is 16.5. The molecular formula is C42H50N3O9+. The topological polar surface area (TPSA) is 166 Å². The van der Waals surface area contributed by atoms with Crippen molar-refractivity contribution in [3.63, 3.8) is 0 Å². The molecule has 3 amide bonds. The van der Waals surface area contributed by atoms with E-state index in [0.717, 1.165) is 24.0 Å². The fourth-order valence-electron chi connectivity index (χ4n) is 4.52. The Balaban J connectivity index is 0.000000405. The van der Waals surface area contributed by atoms with Gasteiger partial charge in [0.25, 0.3) is 0 Å². The van der Waals surface area contributed by atoms with Crippen LogP contribution in [0.4, 0.5) is 0 Å². The Morgan fingerprint density at radius 1 is 0.722 bits per heavy atom. The highest BCUT2D eigenvalue weighted by Crippen LogP contribution is 2.14. The van der Waals surface area contributed by atoms with Gasteiger partial charge < -0.3 is 30.2 Å². The van der Waals surface area contributed by atoms with Crippen molar-refractivity contribution in [2.45, 2.75) is 58.5 Å². The number of methoxy groups -OCH3 is 3. The van der Waals surface area contributed by atoms with E-state index >= 15 is 0 Å². The second kappa shape index (κ2) is 27.3. The Kier molecular flexibility index (Phi) is 23.1. The largest absolute Gasteiger partial charge is 0.467 e. The van der Waals surface area contributed by atoms with Crippen LogP contribution in [0.2, 0.25) is 0 Å². The molecule has 0 saturated carbocycles. The summed E-state index contributed by atoms with van der Waals surface area (Å²) in [4.78, 5) is 67.1. The molecule has 0 spiro atoms. The van der Waals surface area contributed by atoms with Crippen LogP contribution in [0.25, 0.3) is 12.2 Å². The standard InChI is InChI=1S/2C14H17NO3.C14H15NO3/c3*1-11(16)15-13(14(17)18-2)10-6-9-12-7-4-3-5-8-12/h3-4,7-8,13H,6,9-10H2,1-2H3;3-9,13H,10H2,1-2H3,(H,15,16);3-10H,1-2H3,(H,15,16)/p+1/b;9-6+;9-6+,13-10-. The number of ether oxygens (including phenoxy) is 3. The van der Waals surface area contributed by atoms with Crippen molar-refractivity contribution in [1.29, 1.82) is 0 Å². The lowest BCUT2D eigenvalue weighted by Crippen LogP contribution is -2.40. The lowest BCUT2D eigenvalue weighted by molar-refractivity contribution is -0.145. The minimum absolute atomic E-state index is 0.109. The van der Waals surface area contributed by atoms with Crippen molar-refractivity contribution in [3.05, 3.63) is 132 Å². The van der Waals surface area contributed by atoms with Crippen LogP contribution in [0.15, 0.2) is 114 Å². The van der Waals surface area contributed by atoms with Crippen LogP contribution in [0, 0.1) is 6.08 Å². The molecule has 0 bridgehead atoms. The van der Waals surface area contributed by atoms with Gasteiger partial charge in [0.1, 0.15) is 29.9 Å². The molecular weight excluding hydrogens is 690 g/mol.